The van der Waals surface area contributed by atoms with Crippen molar-refractivity contribution in [2.45, 2.75) is 32.4 Å². The predicted octanol–water partition coefficient (Wildman–Crippen LogP) is 1.78. The maximum absolute atomic E-state index is 13.2. The number of piperidine rings is 1. The summed E-state index contributed by atoms with van der Waals surface area (Å²) in [6.45, 7) is 2.79. The van der Waals surface area contributed by atoms with E-state index >= 15 is 0 Å². The summed E-state index contributed by atoms with van der Waals surface area (Å²) >= 11 is 0. The van der Waals surface area contributed by atoms with Crippen LogP contribution in [0.3, 0.4) is 0 Å². The predicted molar refractivity (Wildman–Crippen MR) is 90.5 cm³/mol. The van der Waals surface area contributed by atoms with Crippen molar-refractivity contribution in [1.29, 1.82) is 0 Å². The van der Waals surface area contributed by atoms with Crippen LogP contribution in [0.15, 0.2) is 24.3 Å². The Kier molecular flexibility index (Phi) is 6.17. The summed E-state index contributed by atoms with van der Waals surface area (Å²) in [4.78, 5) is 13.7. The van der Waals surface area contributed by atoms with Gasteiger partial charge in [0.05, 0.1) is 5.75 Å². The van der Waals surface area contributed by atoms with Gasteiger partial charge >= 0.3 is 6.03 Å². The third kappa shape index (κ3) is 4.91. The molecule has 2 rings (SSSR count). The lowest BCUT2D eigenvalue weighted by Gasteiger charge is -2.32. The van der Waals surface area contributed by atoms with E-state index in [1.165, 1.54) is 21.3 Å². The monoisotopic (exact) mass is 357 g/mol. The van der Waals surface area contributed by atoms with Crippen molar-refractivity contribution in [3.8, 4) is 0 Å². The lowest BCUT2D eigenvalue weighted by Crippen LogP contribution is -2.49. The van der Waals surface area contributed by atoms with E-state index < -0.39 is 10.0 Å². The van der Waals surface area contributed by atoms with Crippen LogP contribution in [0.5, 0.6) is 0 Å². The number of amides is 2. The van der Waals surface area contributed by atoms with Gasteiger partial charge < -0.3 is 10.2 Å². The molecule has 1 aliphatic heterocycles. The van der Waals surface area contributed by atoms with Crippen molar-refractivity contribution in [3.05, 3.63) is 35.6 Å². The van der Waals surface area contributed by atoms with Crippen LogP contribution in [0.25, 0.3) is 0 Å². The van der Waals surface area contributed by atoms with Crippen LogP contribution in [-0.4, -0.2) is 55.6 Å². The van der Waals surface area contributed by atoms with Crippen molar-refractivity contribution in [3.63, 3.8) is 0 Å². The van der Waals surface area contributed by atoms with Gasteiger partial charge in [-0.3, -0.25) is 0 Å². The number of benzene rings is 1. The molecule has 1 fully saturated rings. The van der Waals surface area contributed by atoms with E-state index in [1.54, 1.807) is 26.1 Å². The van der Waals surface area contributed by atoms with Gasteiger partial charge in [0, 0.05) is 32.7 Å². The molecule has 0 unspecified atom stereocenters. The molecule has 1 heterocycles. The zero-order chi connectivity index (χ0) is 17.7. The summed E-state index contributed by atoms with van der Waals surface area (Å²) in [5.41, 5.74) is 0.719. The van der Waals surface area contributed by atoms with E-state index in [0.29, 0.717) is 32.5 Å². The van der Waals surface area contributed by atoms with E-state index in [4.69, 9.17) is 0 Å². The van der Waals surface area contributed by atoms with Gasteiger partial charge in [-0.2, -0.15) is 0 Å². The zero-order valence-corrected chi connectivity index (χ0v) is 14.9. The van der Waals surface area contributed by atoms with Gasteiger partial charge in [-0.05, 0) is 37.5 Å². The highest BCUT2D eigenvalue weighted by atomic mass is 32.2. The van der Waals surface area contributed by atoms with Gasteiger partial charge in [0.2, 0.25) is 10.0 Å². The Morgan fingerprint density at radius 3 is 2.62 bits per heavy atom. The van der Waals surface area contributed by atoms with Crippen molar-refractivity contribution < 1.29 is 17.6 Å². The normalized spacial score (nSPS) is 16.8. The molecule has 8 heteroatoms. The minimum Gasteiger partial charge on any atom is -0.335 e. The summed E-state index contributed by atoms with van der Waals surface area (Å²) in [6.07, 6.45) is 1.19. The van der Waals surface area contributed by atoms with Crippen molar-refractivity contribution in [2.24, 2.45) is 0 Å². The Balaban J connectivity index is 1.83. The summed E-state index contributed by atoms with van der Waals surface area (Å²) in [6, 6.07) is 5.85. The third-order valence-corrected chi connectivity index (χ3v) is 6.08. The first-order chi connectivity index (χ1) is 11.3. The number of nitrogens with zero attached hydrogens (tertiary/aromatic N) is 2. The highest BCUT2D eigenvalue weighted by molar-refractivity contribution is 7.89. The van der Waals surface area contributed by atoms with Crippen molar-refractivity contribution in [1.82, 2.24) is 14.5 Å². The van der Waals surface area contributed by atoms with Crippen LogP contribution in [0.2, 0.25) is 0 Å². The van der Waals surface area contributed by atoms with E-state index in [2.05, 4.69) is 5.32 Å². The van der Waals surface area contributed by atoms with Crippen molar-refractivity contribution >= 4 is 16.1 Å². The van der Waals surface area contributed by atoms with Crippen LogP contribution >= 0.6 is 0 Å². The Morgan fingerprint density at radius 1 is 1.38 bits per heavy atom. The number of sulfonamides is 1. The lowest BCUT2D eigenvalue weighted by molar-refractivity contribution is 0.195. The number of nitrogens with one attached hydrogen (secondary N) is 1. The summed E-state index contributed by atoms with van der Waals surface area (Å²) < 4.78 is 38.3. The molecule has 6 nitrogen and oxygen atoms in total. The number of hydrogen-bond donors (Lipinski definition) is 1. The second-order valence-corrected chi connectivity index (χ2v) is 8.27. The Hall–Kier alpha value is -1.67. The van der Waals surface area contributed by atoms with E-state index in [0.717, 1.165) is 5.56 Å². The van der Waals surface area contributed by atoms with E-state index in [1.807, 2.05) is 0 Å². The molecule has 0 radical (unpaired) electrons. The van der Waals surface area contributed by atoms with Gasteiger partial charge in [0.25, 0.3) is 0 Å². The van der Waals surface area contributed by atoms with Gasteiger partial charge in [-0.25, -0.2) is 21.9 Å². The molecule has 0 atom stereocenters. The molecule has 2 amide bonds. The molecule has 24 heavy (non-hydrogen) atoms. The van der Waals surface area contributed by atoms with Crippen LogP contribution in [-0.2, 0) is 16.6 Å². The molecule has 0 aromatic heterocycles. The molecular formula is C16H24FN3O3S. The molecule has 1 aromatic rings. The Labute approximate surface area is 142 Å². The molecule has 0 aliphatic carbocycles. The van der Waals surface area contributed by atoms with Gasteiger partial charge in [0.15, 0.2) is 0 Å². The number of hydrogen-bond acceptors (Lipinski definition) is 3. The fourth-order valence-electron chi connectivity index (χ4n) is 2.73. The smallest absolute Gasteiger partial charge is 0.317 e. The molecular weight excluding hydrogens is 333 g/mol. The second-order valence-electron chi connectivity index (χ2n) is 6.01. The van der Waals surface area contributed by atoms with Gasteiger partial charge in [-0.1, -0.05) is 12.1 Å². The lowest BCUT2D eigenvalue weighted by atomic mass is 10.1. The van der Waals surface area contributed by atoms with Crippen LogP contribution in [0.1, 0.15) is 25.3 Å². The highest BCUT2D eigenvalue weighted by Gasteiger charge is 2.27. The van der Waals surface area contributed by atoms with E-state index in [-0.39, 0.29) is 23.6 Å². The van der Waals surface area contributed by atoms with Crippen LogP contribution in [0.4, 0.5) is 9.18 Å². The topological polar surface area (TPSA) is 69.7 Å². The first kappa shape index (κ1) is 18.7. The number of halogens is 1. The summed E-state index contributed by atoms with van der Waals surface area (Å²) in [5.74, 6) is -0.230. The number of urea groups is 1. The largest absolute Gasteiger partial charge is 0.335 e. The molecule has 134 valence electrons. The standard InChI is InChI=1S/C16H24FN3O3S/c1-3-24(22,23)20-9-7-15(8-10-20)18-16(21)19(2)12-13-5-4-6-14(17)11-13/h4-6,11,15H,3,7-10,12H2,1-2H3,(H,18,21). The van der Waals surface area contributed by atoms with Gasteiger partial charge in [0.1, 0.15) is 5.82 Å². The average molecular weight is 357 g/mol. The SMILES string of the molecule is CCS(=O)(=O)N1CCC(NC(=O)N(C)Cc2cccc(F)c2)CC1. The maximum Gasteiger partial charge on any atom is 0.317 e. The first-order valence-electron chi connectivity index (χ1n) is 8.05. The van der Waals surface area contributed by atoms with Crippen LogP contribution in [0, 0.1) is 5.82 Å². The Morgan fingerprint density at radius 2 is 2.04 bits per heavy atom. The average Bonchev–Trinajstić information content (AvgIpc) is 2.55. The Bertz CT molecular complexity index is 673. The second kappa shape index (κ2) is 7.94. The fourth-order valence-corrected chi connectivity index (χ4v) is 3.86. The van der Waals surface area contributed by atoms with Crippen molar-refractivity contribution in [2.75, 3.05) is 25.9 Å². The van der Waals surface area contributed by atoms with E-state index in [9.17, 15) is 17.6 Å². The highest BCUT2D eigenvalue weighted by Crippen LogP contribution is 2.15. The molecule has 1 aliphatic rings. The quantitative estimate of drug-likeness (QED) is 0.873. The molecule has 1 saturated heterocycles. The summed E-state index contributed by atoms with van der Waals surface area (Å²) in [5, 5.41) is 2.92. The minimum absolute atomic E-state index is 0.0456. The van der Waals surface area contributed by atoms with Gasteiger partial charge in [-0.15, -0.1) is 0 Å². The first-order valence-corrected chi connectivity index (χ1v) is 9.66. The molecule has 1 N–H and O–H groups in total. The number of carbonyl (C=O) groups excluding carboxylic acids is 1. The molecule has 0 bridgehead atoms. The number of rotatable bonds is 5. The number of carbonyl (C=O) groups is 1. The van der Waals surface area contributed by atoms with Crippen LogP contribution < -0.4 is 5.32 Å². The fraction of sp³-hybridized carbons (Fsp3) is 0.562. The molecule has 0 spiro atoms. The maximum atomic E-state index is 13.2. The third-order valence-electron chi connectivity index (χ3n) is 4.20. The molecule has 0 saturated carbocycles. The minimum atomic E-state index is -3.16. The zero-order valence-electron chi connectivity index (χ0n) is 14.0. The summed E-state index contributed by atoms with van der Waals surface area (Å²) in [7, 11) is -1.51. The molecule has 1 aromatic carbocycles.